The maximum atomic E-state index is 13.6. The van der Waals surface area contributed by atoms with E-state index in [1.54, 1.807) is 30.3 Å². The van der Waals surface area contributed by atoms with Crippen molar-refractivity contribution >= 4 is 11.7 Å². The number of pyridine rings is 1. The summed E-state index contributed by atoms with van der Waals surface area (Å²) in [6.07, 6.45) is -1.75. The summed E-state index contributed by atoms with van der Waals surface area (Å²) in [5.41, 5.74) is -0.184. The lowest BCUT2D eigenvalue weighted by atomic mass is 10.2. The largest absolute Gasteiger partial charge is 0.497 e. The monoisotopic (exact) mass is 440 g/mol. The number of nitrogens with zero attached hydrogens (tertiary/aromatic N) is 5. The number of hydrogen-bond acceptors (Lipinski definition) is 6. The molecule has 0 aliphatic rings. The first kappa shape index (κ1) is 21.0. The molecule has 0 saturated heterocycles. The number of ether oxygens (including phenoxy) is 1. The Bertz CT molecular complexity index is 1240. The van der Waals surface area contributed by atoms with E-state index in [4.69, 9.17) is 4.74 Å². The molecular formula is C21H15F3N6O2. The van der Waals surface area contributed by atoms with Crippen LogP contribution in [0.2, 0.25) is 0 Å². The highest BCUT2D eigenvalue weighted by Gasteiger charge is 2.37. The third kappa shape index (κ3) is 4.41. The smallest absolute Gasteiger partial charge is 0.433 e. The summed E-state index contributed by atoms with van der Waals surface area (Å²) < 4.78 is 46.5. The summed E-state index contributed by atoms with van der Waals surface area (Å²) in [5, 5.41) is 14.2. The molecule has 11 heteroatoms. The van der Waals surface area contributed by atoms with E-state index in [-0.39, 0.29) is 17.3 Å². The van der Waals surface area contributed by atoms with E-state index in [0.717, 1.165) is 6.07 Å². The van der Waals surface area contributed by atoms with Crippen LogP contribution in [0.25, 0.3) is 17.1 Å². The Hall–Kier alpha value is -4.28. The quantitative estimate of drug-likeness (QED) is 0.504. The number of nitrogens with one attached hydrogen (secondary N) is 1. The predicted octanol–water partition coefficient (Wildman–Crippen LogP) is 4.00. The average Bonchev–Trinajstić information content (AvgIpc) is 3.26. The normalized spacial score (nSPS) is 11.2. The lowest BCUT2D eigenvalue weighted by Crippen LogP contribution is -2.16. The molecule has 0 unspecified atom stereocenters. The van der Waals surface area contributed by atoms with Crippen LogP contribution in [-0.4, -0.2) is 38.0 Å². The third-order valence-corrected chi connectivity index (χ3v) is 4.40. The fraction of sp³-hybridized carbons (Fsp3) is 0.0952. The molecule has 0 spiro atoms. The lowest BCUT2D eigenvalue weighted by molar-refractivity contribution is -0.142. The van der Waals surface area contributed by atoms with Gasteiger partial charge in [0, 0.05) is 23.5 Å². The molecule has 0 radical (unpaired) electrons. The molecule has 1 amide bonds. The van der Waals surface area contributed by atoms with Crippen molar-refractivity contribution in [3.05, 3.63) is 78.2 Å². The number of halogens is 3. The number of alkyl halides is 3. The molecule has 8 nitrogen and oxygen atoms in total. The molecule has 4 rings (SSSR count). The van der Waals surface area contributed by atoms with Crippen LogP contribution >= 0.6 is 0 Å². The van der Waals surface area contributed by atoms with Gasteiger partial charge in [-0.2, -0.15) is 18.3 Å². The molecule has 1 aromatic carbocycles. The fourth-order valence-corrected chi connectivity index (χ4v) is 2.87. The molecule has 4 aromatic rings. The zero-order valence-electron chi connectivity index (χ0n) is 16.5. The maximum absolute atomic E-state index is 13.6. The van der Waals surface area contributed by atoms with Crippen LogP contribution in [0.5, 0.6) is 5.75 Å². The van der Waals surface area contributed by atoms with E-state index in [9.17, 15) is 18.0 Å². The lowest BCUT2D eigenvalue weighted by Gasteiger charge is -2.09. The van der Waals surface area contributed by atoms with Crippen LogP contribution in [0, 0.1) is 0 Å². The second kappa shape index (κ2) is 8.46. The topological polar surface area (TPSA) is 94.8 Å². The third-order valence-electron chi connectivity index (χ3n) is 4.40. The predicted molar refractivity (Wildman–Crippen MR) is 108 cm³/mol. The van der Waals surface area contributed by atoms with Crippen LogP contribution in [0.15, 0.2) is 67.0 Å². The van der Waals surface area contributed by atoms with Gasteiger partial charge in [0.2, 0.25) is 0 Å². The molecular weight excluding hydrogens is 425 g/mol. The number of rotatable bonds is 5. The van der Waals surface area contributed by atoms with Gasteiger partial charge in [0.15, 0.2) is 17.3 Å². The summed E-state index contributed by atoms with van der Waals surface area (Å²) in [6, 6.07) is 13.2. The number of aromatic nitrogens is 5. The van der Waals surface area contributed by atoms with Gasteiger partial charge in [-0.1, -0.05) is 6.07 Å². The molecule has 0 saturated carbocycles. The van der Waals surface area contributed by atoms with E-state index in [1.165, 1.54) is 37.7 Å². The Balaban J connectivity index is 1.61. The van der Waals surface area contributed by atoms with Crippen LogP contribution in [-0.2, 0) is 6.18 Å². The fourth-order valence-electron chi connectivity index (χ4n) is 2.87. The second-order valence-corrected chi connectivity index (χ2v) is 6.53. The Morgan fingerprint density at radius 3 is 2.56 bits per heavy atom. The number of amides is 1. The van der Waals surface area contributed by atoms with Crippen LogP contribution in [0.1, 0.15) is 16.1 Å². The van der Waals surface area contributed by atoms with Crippen molar-refractivity contribution in [3.63, 3.8) is 0 Å². The Kier molecular flexibility index (Phi) is 5.54. The molecule has 0 aliphatic heterocycles. The molecule has 3 heterocycles. The zero-order valence-corrected chi connectivity index (χ0v) is 16.5. The average molecular weight is 440 g/mol. The second-order valence-electron chi connectivity index (χ2n) is 6.53. The van der Waals surface area contributed by atoms with Gasteiger partial charge in [-0.3, -0.25) is 9.78 Å². The van der Waals surface area contributed by atoms with Gasteiger partial charge in [-0.15, -0.1) is 10.2 Å². The van der Waals surface area contributed by atoms with Crippen LogP contribution in [0.4, 0.5) is 19.0 Å². The minimum atomic E-state index is -4.67. The summed E-state index contributed by atoms with van der Waals surface area (Å²) in [5.74, 6) is -0.0663. The van der Waals surface area contributed by atoms with Gasteiger partial charge in [0.1, 0.15) is 5.75 Å². The van der Waals surface area contributed by atoms with Crippen molar-refractivity contribution in [1.29, 1.82) is 0 Å². The highest BCUT2D eigenvalue weighted by molar-refractivity contribution is 6.03. The minimum Gasteiger partial charge on any atom is -0.497 e. The van der Waals surface area contributed by atoms with Crippen molar-refractivity contribution in [2.45, 2.75) is 6.18 Å². The number of carbonyl (C=O) groups excluding carboxylic acids is 1. The van der Waals surface area contributed by atoms with E-state index in [1.807, 2.05) is 0 Å². The first-order valence-electron chi connectivity index (χ1n) is 9.22. The van der Waals surface area contributed by atoms with Gasteiger partial charge in [-0.05, 0) is 48.5 Å². The number of hydrogen-bond donors (Lipinski definition) is 1. The molecule has 162 valence electrons. The van der Waals surface area contributed by atoms with Gasteiger partial charge in [-0.25, -0.2) is 4.68 Å². The van der Waals surface area contributed by atoms with Crippen molar-refractivity contribution in [2.24, 2.45) is 0 Å². The van der Waals surface area contributed by atoms with E-state index >= 15 is 0 Å². The van der Waals surface area contributed by atoms with Crippen LogP contribution < -0.4 is 10.1 Å². The molecule has 1 N–H and O–H groups in total. The van der Waals surface area contributed by atoms with Crippen molar-refractivity contribution < 1.29 is 22.7 Å². The highest BCUT2D eigenvalue weighted by atomic mass is 19.4. The van der Waals surface area contributed by atoms with Gasteiger partial charge < -0.3 is 10.1 Å². The number of methoxy groups -OCH3 is 1. The van der Waals surface area contributed by atoms with Crippen molar-refractivity contribution in [1.82, 2.24) is 25.0 Å². The molecule has 0 aliphatic carbocycles. The van der Waals surface area contributed by atoms with Gasteiger partial charge in [0.05, 0.1) is 12.8 Å². The molecule has 0 fully saturated rings. The molecule has 3 aromatic heterocycles. The number of anilines is 1. The van der Waals surface area contributed by atoms with Crippen LogP contribution in [0.3, 0.4) is 0 Å². The standard InChI is InChI=1S/C21H15F3N6O2/c1-32-15-6-2-4-13(10-15)20(31)26-18-7-8-19(28-27-18)30-17(21(22,23)24)11-16(29-30)14-5-3-9-25-12-14/h2-12H,1H3,(H,26,27,31). The zero-order chi connectivity index (χ0) is 22.7. The first-order chi connectivity index (χ1) is 15.3. The Morgan fingerprint density at radius 2 is 1.91 bits per heavy atom. The van der Waals surface area contributed by atoms with E-state index in [2.05, 4.69) is 25.6 Å². The minimum absolute atomic E-state index is 0.0646. The molecule has 32 heavy (non-hydrogen) atoms. The van der Waals surface area contributed by atoms with E-state index < -0.39 is 17.8 Å². The summed E-state index contributed by atoms with van der Waals surface area (Å²) in [4.78, 5) is 16.3. The van der Waals surface area contributed by atoms with Crippen molar-refractivity contribution in [2.75, 3.05) is 12.4 Å². The van der Waals surface area contributed by atoms with E-state index in [0.29, 0.717) is 21.6 Å². The highest BCUT2D eigenvalue weighted by Crippen LogP contribution is 2.33. The number of benzene rings is 1. The van der Waals surface area contributed by atoms with Gasteiger partial charge >= 0.3 is 6.18 Å². The summed E-state index contributed by atoms with van der Waals surface area (Å²) in [7, 11) is 1.48. The van der Waals surface area contributed by atoms with Gasteiger partial charge in [0.25, 0.3) is 5.91 Å². The van der Waals surface area contributed by atoms with Crippen molar-refractivity contribution in [3.8, 4) is 22.8 Å². The maximum Gasteiger partial charge on any atom is 0.433 e. The number of carbonyl (C=O) groups is 1. The Labute approximate surface area is 179 Å². The Morgan fingerprint density at radius 1 is 1.06 bits per heavy atom. The molecule has 0 atom stereocenters. The first-order valence-corrected chi connectivity index (χ1v) is 9.22. The summed E-state index contributed by atoms with van der Waals surface area (Å²) in [6.45, 7) is 0. The molecule has 0 bridgehead atoms. The SMILES string of the molecule is COc1cccc(C(=O)Nc2ccc(-n3nc(-c4cccnc4)cc3C(F)(F)F)nn2)c1. The summed E-state index contributed by atoms with van der Waals surface area (Å²) >= 11 is 0.